The summed E-state index contributed by atoms with van der Waals surface area (Å²) in [5.41, 5.74) is 0.895. The van der Waals surface area contributed by atoms with Crippen LogP contribution < -0.4 is 10.1 Å². The molecule has 3 aromatic rings. The third-order valence-corrected chi connectivity index (χ3v) is 5.87. The summed E-state index contributed by atoms with van der Waals surface area (Å²) in [5.74, 6) is 0.235. The molecule has 0 fully saturated rings. The van der Waals surface area contributed by atoms with Gasteiger partial charge in [-0.05, 0) is 20.2 Å². The molecule has 1 aromatic carbocycles. The summed E-state index contributed by atoms with van der Waals surface area (Å²) in [6, 6.07) is 4.53. The first-order valence-corrected chi connectivity index (χ1v) is 11.1. The molecule has 0 aliphatic heterocycles. The zero-order valence-corrected chi connectivity index (χ0v) is 20.1. The number of esters is 1. The minimum absolute atomic E-state index is 0.0872. The van der Waals surface area contributed by atoms with Crippen molar-refractivity contribution in [1.29, 1.82) is 0 Å². The average molecular weight is 495 g/mol. The fraction of sp³-hybridized carbons (Fsp3) is 0.350. The molecule has 0 saturated heterocycles. The monoisotopic (exact) mass is 494 g/mol. The van der Waals surface area contributed by atoms with Crippen LogP contribution in [0.3, 0.4) is 0 Å². The summed E-state index contributed by atoms with van der Waals surface area (Å²) in [7, 11) is 6.61. The van der Waals surface area contributed by atoms with Gasteiger partial charge < -0.3 is 19.7 Å². The third-order valence-electron chi connectivity index (χ3n) is 4.64. The molecule has 0 amide bonds. The van der Waals surface area contributed by atoms with Crippen molar-refractivity contribution in [2.24, 2.45) is 0 Å². The predicted octanol–water partition coefficient (Wildman–Crippen LogP) is 3.23. The lowest BCUT2D eigenvalue weighted by Crippen LogP contribution is -2.21. The van der Waals surface area contributed by atoms with Crippen molar-refractivity contribution < 1.29 is 19.2 Å². The topological polar surface area (TPSA) is 125 Å². The van der Waals surface area contributed by atoms with E-state index in [1.165, 1.54) is 20.3 Å². The molecule has 2 aromatic heterocycles. The van der Waals surface area contributed by atoms with Crippen LogP contribution in [0, 0.1) is 10.1 Å². The summed E-state index contributed by atoms with van der Waals surface area (Å²) in [6.45, 7) is 1.42. The maximum absolute atomic E-state index is 11.6. The van der Waals surface area contributed by atoms with Gasteiger partial charge in [-0.2, -0.15) is 0 Å². The van der Waals surface area contributed by atoms with Gasteiger partial charge in [-0.3, -0.25) is 14.9 Å². The number of nitro groups is 1. The first-order chi connectivity index (χ1) is 15.7. The van der Waals surface area contributed by atoms with Crippen molar-refractivity contribution in [3.63, 3.8) is 0 Å². The maximum Gasteiger partial charge on any atom is 0.315 e. The number of halogens is 1. The van der Waals surface area contributed by atoms with Crippen LogP contribution in [0.5, 0.6) is 5.75 Å². The Morgan fingerprint density at radius 1 is 1.33 bits per heavy atom. The lowest BCUT2D eigenvalue weighted by molar-refractivity contribution is -0.387. The van der Waals surface area contributed by atoms with Gasteiger partial charge in [0.25, 0.3) is 5.69 Å². The Labute approximate surface area is 199 Å². The molecular formula is C20H23ClN6O5S. The Hall–Kier alpha value is -3.09. The Bertz CT molecular complexity index is 1190. The van der Waals surface area contributed by atoms with Gasteiger partial charge in [0.2, 0.25) is 0 Å². The molecule has 1 N–H and O–H groups in total. The highest BCUT2D eigenvalue weighted by molar-refractivity contribution is 8.00. The number of hydrogen-bond acceptors (Lipinski definition) is 10. The number of anilines is 1. The lowest BCUT2D eigenvalue weighted by atomic mass is 10.2. The SMILES string of the molecule is COC(=O)CSc1cc(-n2nc(NCCN(C)C)c3cnc(Cl)cc32)c(OC)cc1[N+](=O)[O-]. The number of nitrogens with one attached hydrogen (secondary N) is 1. The third kappa shape index (κ3) is 5.64. The molecule has 0 atom stereocenters. The predicted molar refractivity (Wildman–Crippen MR) is 127 cm³/mol. The molecule has 11 nitrogen and oxygen atoms in total. The van der Waals surface area contributed by atoms with Gasteiger partial charge >= 0.3 is 5.97 Å². The number of benzene rings is 1. The molecule has 33 heavy (non-hydrogen) atoms. The van der Waals surface area contributed by atoms with Gasteiger partial charge in [0.15, 0.2) is 11.6 Å². The van der Waals surface area contributed by atoms with E-state index in [4.69, 9.17) is 16.3 Å². The Morgan fingerprint density at radius 3 is 2.73 bits per heavy atom. The number of nitro benzene ring substituents is 1. The van der Waals surface area contributed by atoms with E-state index in [0.717, 1.165) is 23.7 Å². The van der Waals surface area contributed by atoms with E-state index < -0.39 is 10.9 Å². The highest BCUT2D eigenvalue weighted by Gasteiger charge is 2.23. The molecular weight excluding hydrogens is 472 g/mol. The molecule has 0 aliphatic rings. The summed E-state index contributed by atoms with van der Waals surface area (Å²) < 4.78 is 11.7. The number of carbonyl (C=O) groups is 1. The number of carbonyl (C=O) groups excluding carboxylic acids is 1. The van der Waals surface area contributed by atoms with Crippen LogP contribution >= 0.6 is 23.4 Å². The van der Waals surface area contributed by atoms with E-state index >= 15 is 0 Å². The largest absolute Gasteiger partial charge is 0.494 e. The quantitative estimate of drug-likeness (QED) is 0.147. The number of methoxy groups -OCH3 is 2. The van der Waals surface area contributed by atoms with Crippen molar-refractivity contribution in [3.05, 3.63) is 39.7 Å². The fourth-order valence-corrected chi connectivity index (χ4v) is 4.04. The van der Waals surface area contributed by atoms with Crippen molar-refractivity contribution in [3.8, 4) is 11.4 Å². The minimum atomic E-state index is -0.526. The van der Waals surface area contributed by atoms with Crippen molar-refractivity contribution >= 4 is 51.7 Å². The molecule has 3 rings (SSSR count). The van der Waals surface area contributed by atoms with Crippen LogP contribution in [-0.4, -0.2) is 77.7 Å². The highest BCUT2D eigenvalue weighted by atomic mass is 35.5. The number of hydrogen-bond donors (Lipinski definition) is 1. The van der Waals surface area contributed by atoms with E-state index in [1.807, 2.05) is 19.0 Å². The Balaban J connectivity index is 2.15. The summed E-state index contributed by atoms with van der Waals surface area (Å²) in [6.07, 6.45) is 1.62. The molecule has 0 radical (unpaired) electrons. The van der Waals surface area contributed by atoms with Crippen molar-refractivity contribution in [2.45, 2.75) is 4.90 Å². The summed E-state index contributed by atoms with van der Waals surface area (Å²) in [4.78, 5) is 29.2. The van der Waals surface area contributed by atoms with Crippen LogP contribution in [0.1, 0.15) is 0 Å². The van der Waals surface area contributed by atoms with Crippen LogP contribution in [-0.2, 0) is 9.53 Å². The second-order valence-electron chi connectivity index (χ2n) is 7.13. The second-order valence-corrected chi connectivity index (χ2v) is 8.53. The zero-order valence-electron chi connectivity index (χ0n) is 18.5. The molecule has 0 aliphatic carbocycles. The number of fused-ring (bicyclic) bond motifs is 1. The first-order valence-electron chi connectivity index (χ1n) is 9.74. The van der Waals surface area contributed by atoms with Gasteiger partial charge in [-0.15, -0.1) is 16.9 Å². The molecule has 176 valence electrons. The standard InChI is InChI=1S/C20H23ClN6O5S/c1-25(2)6-5-22-20-12-10-23-18(21)9-13(12)26(24-20)14-8-17(33-11-19(28)32-4)15(27(29)30)7-16(14)31-3/h7-10H,5-6,11H2,1-4H3,(H,22,24). The number of rotatable bonds is 10. The van der Waals surface area contributed by atoms with Gasteiger partial charge in [0, 0.05) is 25.4 Å². The number of aromatic nitrogens is 3. The number of ether oxygens (including phenoxy) is 2. The van der Waals surface area contributed by atoms with E-state index in [2.05, 4.69) is 20.1 Å². The molecule has 0 saturated carbocycles. The highest BCUT2D eigenvalue weighted by Crippen LogP contribution is 2.39. The van der Waals surface area contributed by atoms with Crippen molar-refractivity contribution in [1.82, 2.24) is 19.7 Å². The number of nitrogens with zero attached hydrogens (tertiary/aromatic N) is 5. The van der Waals surface area contributed by atoms with E-state index in [1.54, 1.807) is 23.0 Å². The number of thioether (sulfide) groups is 1. The van der Waals surface area contributed by atoms with E-state index in [9.17, 15) is 14.9 Å². The number of pyridine rings is 1. The average Bonchev–Trinajstić information content (AvgIpc) is 3.13. The van der Waals surface area contributed by atoms with E-state index in [-0.39, 0.29) is 27.2 Å². The van der Waals surface area contributed by atoms with Crippen LogP contribution in [0.4, 0.5) is 11.5 Å². The smallest absolute Gasteiger partial charge is 0.315 e. The van der Waals surface area contributed by atoms with Crippen LogP contribution in [0.25, 0.3) is 16.6 Å². The maximum atomic E-state index is 11.6. The number of likely N-dealkylation sites (N-methyl/N-ethyl adjacent to an activating group) is 1. The fourth-order valence-electron chi connectivity index (χ4n) is 3.02. The van der Waals surface area contributed by atoms with Gasteiger partial charge in [-0.25, -0.2) is 9.67 Å². The van der Waals surface area contributed by atoms with E-state index in [0.29, 0.717) is 23.6 Å². The lowest BCUT2D eigenvalue weighted by Gasteiger charge is -2.12. The molecule has 0 spiro atoms. The zero-order chi connectivity index (χ0) is 24.1. The van der Waals surface area contributed by atoms with Gasteiger partial charge in [-0.1, -0.05) is 11.6 Å². The van der Waals surface area contributed by atoms with Crippen molar-refractivity contribution in [2.75, 3.05) is 52.5 Å². The second kappa shape index (κ2) is 10.7. The normalized spacial score (nSPS) is 11.1. The molecule has 2 heterocycles. The Morgan fingerprint density at radius 2 is 2.09 bits per heavy atom. The van der Waals surface area contributed by atoms with Gasteiger partial charge in [0.05, 0.1) is 46.8 Å². The van der Waals surface area contributed by atoms with Crippen LogP contribution in [0.15, 0.2) is 29.3 Å². The summed E-state index contributed by atoms with van der Waals surface area (Å²) in [5, 5.41) is 20.6. The molecule has 0 unspecified atom stereocenters. The molecule has 13 heteroatoms. The van der Waals surface area contributed by atoms with Gasteiger partial charge in [0.1, 0.15) is 10.8 Å². The minimum Gasteiger partial charge on any atom is -0.494 e. The van der Waals surface area contributed by atoms with Crippen LogP contribution in [0.2, 0.25) is 5.15 Å². The molecule has 0 bridgehead atoms. The Kier molecular flexibility index (Phi) is 7.95. The first kappa shape index (κ1) is 24.6. The summed E-state index contributed by atoms with van der Waals surface area (Å²) >= 11 is 7.15.